The summed E-state index contributed by atoms with van der Waals surface area (Å²) in [6, 6.07) is 8.65. The van der Waals surface area contributed by atoms with Gasteiger partial charge in [-0.25, -0.2) is 0 Å². The lowest BCUT2D eigenvalue weighted by Gasteiger charge is -2.29. The van der Waals surface area contributed by atoms with Crippen LogP contribution in [0.2, 0.25) is 0 Å². The van der Waals surface area contributed by atoms with Crippen LogP contribution in [0.4, 0.5) is 0 Å². The summed E-state index contributed by atoms with van der Waals surface area (Å²) in [6.45, 7) is 24.4. The summed E-state index contributed by atoms with van der Waals surface area (Å²) >= 11 is 0. The van der Waals surface area contributed by atoms with Crippen LogP contribution in [0, 0.1) is 13.8 Å². The number of rotatable bonds is 10. The first-order valence-electron chi connectivity index (χ1n) is 13.7. The topological polar surface area (TPSA) is 68.2 Å². The van der Waals surface area contributed by atoms with E-state index in [9.17, 15) is 10.2 Å². The highest BCUT2D eigenvalue weighted by Gasteiger charge is 2.25. The van der Waals surface area contributed by atoms with Crippen molar-refractivity contribution in [2.75, 3.05) is 20.3 Å². The molecule has 0 aliphatic heterocycles. The number of methoxy groups -OCH3 is 1. The summed E-state index contributed by atoms with van der Waals surface area (Å²) in [5.41, 5.74) is 7.98. The van der Waals surface area contributed by atoms with E-state index in [-0.39, 0.29) is 36.1 Å². The van der Waals surface area contributed by atoms with Gasteiger partial charge >= 0.3 is 0 Å². The molecule has 0 spiro atoms. The molecule has 0 aliphatic rings. The molecule has 38 heavy (non-hydrogen) atoms. The molecule has 2 aromatic carbocycles. The zero-order chi connectivity index (χ0) is 29.1. The fourth-order valence-corrected chi connectivity index (χ4v) is 4.78. The number of aliphatic hydroxyl groups is 2. The van der Waals surface area contributed by atoms with Crippen LogP contribution in [0.1, 0.15) is 101 Å². The summed E-state index contributed by atoms with van der Waals surface area (Å²) in [4.78, 5) is 0. The number of aryl methyl sites for hydroxylation is 1. The monoisotopic (exact) mass is 528 g/mol. The Morgan fingerprint density at radius 1 is 0.789 bits per heavy atom. The molecular weight excluding hydrogens is 476 g/mol. The van der Waals surface area contributed by atoms with Crippen molar-refractivity contribution in [2.45, 2.75) is 118 Å². The largest absolute Gasteiger partial charge is 0.496 e. The zero-order valence-corrected chi connectivity index (χ0v) is 25.9. The SMILES string of the molecule is COc1c(C)cc(COC(CO)C(O)COCc2cc(C(C)(C)C)cc(C(C)(C)C)c2C)cc1C(C)(C)C. The molecule has 0 saturated carbocycles. The minimum absolute atomic E-state index is 0.0160. The minimum Gasteiger partial charge on any atom is -0.496 e. The third-order valence-electron chi connectivity index (χ3n) is 7.16. The van der Waals surface area contributed by atoms with E-state index < -0.39 is 12.2 Å². The fraction of sp³-hybridized carbons (Fsp3) is 0.636. The predicted molar refractivity (Wildman–Crippen MR) is 156 cm³/mol. The molecule has 2 rings (SSSR count). The molecule has 0 radical (unpaired) electrons. The molecule has 5 nitrogen and oxygen atoms in total. The van der Waals surface area contributed by atoms with Gasteiger partial charge in [0.2, 0.25) is 0 Å². The summed E-state index contributed by atoms with van der Waals surface area (Å²) in [7, 11) is 1.69. The highest BCUT2D eigenvalue weighted by atomic mass is 16.5. The quantitative estimate of drug-likeness (QED) is 0.361. The standard InChI is InChI=1S/C33H52O5/c1-21-13-23(14-27(30(21)36-12)33(9,10)11)18-38-29(17-34)28(35)20-37-19-24-15-25(31(3,4)5)16-26(22(24)2)32(6,7)8/h13-16,28-29,34-35H,17-20H2,1-12H3. The van der Waals surface area contributed by atoms with E-state index in [1.807, 2.05) is 13.0 Å². The Bertz CT molecular complexity index is 1070. The Balaban J connectivity index is 2.11. The molecule has 214 valence electrons. The zero-order valence-electron chi connectivity index (χ0n) is 25.9. The summed E-state index contributed by atoms with van der Waals surface area (Å²) < 4.78 is 17.6. The maximum atomic E-state index is 10.8. The highest BCUT2D eigenvalue weighted by Crippen LogP contribution is 2.36. The molecule has 0 heterocycles. The number of benzene rings is 2. The van der Waals surface area contributed by atoms with Gasteiger partial charge in [-0.05, 0) is 69.5 Å². The highest BCUT2D eigenvalue weighted by molar-refractivity contribution is 5.47. The van der Waals surface area contributed by atoms with Crippen molar-refractivity contribution in [1.29, 1.82) is 0 Å². The molecule has 0 bridgehead atoms. The third kappa shape index (κ3) is 8.29. The van der Waals surface area contributed by atoms with Crippen LogP contribution in [-0.2, 0) is 38.9 Å². The first-order chi connectivity index (χ1) is 17.4. The lowest BCUT2D eigenvalue weighted by molar-refractivity contribution is -0.0985. The Hall–Kier alpha value is -1.92. The summed E-state index contributed by atoms with van der Waals surface area (Å²) in [5.74, 6) is 0.883. The van der Waals surface area contributed by atoms with Crippen LogP contribution in [0.3, 0.4) is 0 Å². The molecule has 2 atom stereocenters. The van der Waals surface area contributed by atoms with Crippen LogP contribution < -0.4 is 4.74 Å². The van der Waals surface area contributed by atoms with E-state index in [1.165, 1.54) is 16.7 Å². The molecule has 0 amide bonds. The molecule has 0 saturated heterocycles. The Labute approximate surface area is 231 Å². The second-order valence-corrected chi connectivity index (χ2v) is 13.7. The number of hydrogen-bond acceptors (Lipinski definition) is 5. The van der Waals surface area contributed by atoms with Gasteiger partial charge in [0.1, 0.15) is 18.0 Å². The Morgan fingerprint density at radius 2 is 1.39 bits per heavy atom. The molecule has 2 aromatic rings. The molecular formula is C33H52O5. The average molecular weight is 529 g/mol. The second-order valence-electron chi connectivity index (χ2n) is 13.7. The minimum atomic E-state index is -0.949. The van der Waals surface area contributed by atoms with Gasteiger partial charge in [-0.1, -0.05) is 80.5 Å². The summed E-state index contributed by atoms with van der Waals surface area (Å²) in [5, 5.41) is 20.7. The molecule has 0 fully saturated rings. The van der Waals surface area contributed by atoms with Gasteiger partial charge < -0.3 is 24.4 Å². The van der Waals surface area contributed by atoms with Crippen molar-refractivity contribution in [3.05, 3.63) is 63.2 Å². The average Bonchev–Trinajstić information content (AvgIpc) is 2.78. The van der Waals surface area contributed by atoms with E-state index in [4.69, 9.17) is 14.2 Å². The van der Waals surface area contributed by atoms with Gasteiger partial charge in [0.25, 0.3) is 0 Å². The number of ether oxygens (including phenoxy) is 3. The van der Waals surface area contributed by atoms with Crippen LogP contribution in [-0.4, -0.2) is 42.7 Å². The molecule has 0 aliphatic carbocycles. The van der Waals surface area contributed by atoms with Gasteiger partial charge in [-0.2, -0.15) is 0 Å². The molecule has 2 unspecified atom stereocenters. The van der Waals surface area contributed by atoms with E-state index in [0.29, 0.717) is 6.61 Å². The van der Waals surface area contributed by atoms with Crippen LogP contribution in [0.15, 0.2) is 24.3 Å². The van der Waals surface area contributed by atoms with Crippen LogP contribution >= 0.6 is 0 Å². The van der Waals surface area contributed by atoms with Crippen molar-refractivity contribution in [2.24, 2.45) is 0 Å². The van der Waals surface area contributed by atoms with Crippen molar-refractivity contribution in [3.63, 3.8) is 0 Å². The lowest BCUT2D eigenvalue weighted by atomic mass is 9.77. The van der Waals surface area contributed by atoms with Gasteiger partial charge in [-0.3, -0.25) is 0 Å². The van der Waals surface area contributed by atoms with Gasteiger partial charge in [0.15, 0.2) is 0 Å². The fourth-order valence-electron chi connectivity index (χ4n) is 4.78. The lowest BCUT2D eigenvalue weighted by Crippen LogP contribution is -2.36. The van der Waals surface area contributed by atoms with Crippen molar-refractivity contribution in [3.8, 4) is 5.75 Å². The second kappa shape index (κ2) is 12.5. The third-order valence-corrected chi connectivity index (χ3v) is 7.16. The molecule has 2 N–H and O–H groups in total. The number of hydrogen-bond donors (Lipinski definition) is 2. The first kappa shape index (κ1) is 32.3. The normalized spacial score (nSPS) is 14.5. The van der Waals surface area contributed by atoms with Crippen molar-refractivity contribution in [1.82, 2.24) is 0 Å². The summed E-state index contributed by atoms with van der Waals surface area (Å²) in [6.07, 6.45) is -1.70. The van der Waals surface area contributed by atoms with E-state index in [2.05, 4.69) is 87.4 Å². The van der Waals surface area contributed by atoms with E-state index >= 15 is 0 Å². The van der Waals surface area contributed by atoms with Gasteiger partial charge in [0.05, 0.1) is 33.5 Å². The Morgan fingerprint density at radius 3 is 1.89 bits per heavy atom. The van der Waals surface area contributed by atoms with Gasteiger partial charge in [-0.15, -0.1) is 0 Å². The van der Waals surface area contributed by atoms with Crippen molar-refractivity contribution < 1.29 is 24.4 Å². The van der Waals surface area contributed by atoms with Gasteiger partial charge in [0, 0.05) is 5.56 Å². The molecule has 0 aromatic heterocycles. The predicted octanol–water partition coefficient (Wildman–Crippen LogP) is 6.66. The number of aliphatic hydroxyl groups excluding tert-OH is 2. The van der Waals surface area contributed by atoms with E-state index in [0.717, 1.165) is 28.0 Å². The van der Waals surface area contributed by atoms with E-state index in [1.54, 1.807) is 7.11 Å². The Kier molecular flexibility index (Phi) is 10.6. The van der Waals surface area contributed by atoms with Crippen LogP contribution in [0.5, 0.6) is 5.75 Å². The maximum absolute atomic E-state index is 10.8. The smallest absolute Gasteiger partial charge is 0.125 e. The first-order valence-corrected chi connectivity index (χ1v) is 13.7. The van der Waals surface area contributed by atoms with Crippen LogP contribution in [0.25, 0.3) is 0 Å². The maximum Gasteiger partial charge on any atom is 0.125 e. The van der Waals surface area contributed by atoms with Crippen molar-refractivity contribution >= 4 is 0 Å². The molecule has 5 heteroatoms.